The quantitative estimate of drug-likeness (QED) is 0.700. The molecule has 11 heavy (non-hydrogen) atoms. The Balaban J connectivity index is 2.51. The largest absolute Gasteiger partial charge is 0.311 e. The zero-order chi connectivity index (χ0) is 7.84. The van der Waals surface area contributed by atoms with Gasteiger partial charge in [0.1, 0.15) is 0 Å². The third-order valence-corrected chi connectivity index (χ3v) is 2.31. The number of aromatic nitrogens is 1. The molecule has 1 saturated carbocycles. The molecule has 1 aliphatic carbocycles. The summed E-state index contributed by atoms with van der Waals surface area (Å²) in [6, 6.07) is 3.85. The van der Waals surface area contributed by atoms with E-state index < -0.39 is 0 Å². The van der Waals surface area contributed by atoms with E-state index in [4.69, 9.17) is 0 Å². The van der Waals surface area contributed by atoms with E-state index in [1.165, 1.54) is 0 Å². The predicted molar refractivity (Wildman–Crippen MR) is 46.7 cm³/mol. The molecule has 1 heterocycles. The topological polar surface area (TPSA) is 22.0 Å². The molecule has 2 rings (SSSR count). The van der Waals surface area contributed by atoms with Crippen LogP contribution in [0, 0.1) is 0 Å². The van der Waals surface area contributed by atoms with Crippen molar-refractivity contribution in [3.8, 4) is 0 Å². The molecule has 0 spiro atoms. The van der Waals surface area contributed by atoms with E-state index in [1.807, 2.05) is 6.20 Å². The molecule has 58 valence electrons. The minimum Gasteiger partial charge on any atom is -0.311 e. The Bertz CT molecular complexity index is 327. The van der Waals surface area contributed by atoms with Crippen LogP contribution in [0.2, 0.25) is 0 Å². The van der Waals surface area contributed by atoms with Crippen LogP contribution in [0.3, 0.4) is 0 Å². The fourth-order valence-electron chi connectivity index (χ4n) is 1.11. The summed E-state index contributed by atoms with van der Waals surface area (Å²) in [6.45, 7) is 0. The molecule has 1 aromatic rings. The molecule has 3 heteroatoms. The molecule has 0 amide bonds. The van der Waals surface area contributed by atoms with Crippen molar-refractivity contribution >= 4 is 15.9 Å². The smallest absolute Gasteiger partial charge is 0.250 e. The number of hydrogen-bond donors (Lipinski definition) is 0. The van der Waals surface area contributed by atoms with Gasteiger partial charge in [0.05, 0.1) is 0 Å². The van der Waals surface area contributed by atoms with Gasteiger partial charge < -0.3 is 4.57 Å². The maximum absolute atomic E-state index is 11.2. The van der Waals surface area contributed by atoms with Crippen molar-refractivity contribution < 1.29 is 0 Å². The number of halogens is 1. The molecule has 0 aliphatic heterocycles. The summed E-state index contributed by atoms with van der Waals surface area (Å²) in [5, 5.41) is 0. The van der Waals surface area contributed by atoms with Crippen LogP contribution >= 0.6 is 15.9 Å². The molecule has 0 saturated heterocycles. The molecule has 0 N–H and O–H groups in total. The molecule has 2 nitrogen and oxygen atoms in total. The Morgan fingerprint density at radius 3 is 2.82 bits per heavy atom. The van der Waals surface area contributed by atoms with Gasteiger partial charge in [-0.25, -0.2) is 0 Å². The molecule has 1 fully saturated rings. The molecule has 1 aromatic heterocycles. The molecule has 0 atom stereocenters. The van der Waals surface area contributed by atoms with Gasteiger partial charge in [-0.05, 0) is 34.8 Å². The SMILES string of the molecule is O=c1ccc(Br)cn1C1CC1. The highest BCUT2D eigenvalue weighted by Gasteiger charge is 2.23. The maximum Gasteiger partial charge on any atom is 0.250 e. The Hall–Kier alpha value is -0.570. The van der Waals surface area contributed by atoms with Gasteiger partial charge in [-0.2, -0.15) is 0 Å². The average Bonchev–Trinajstić information content (AvgIpc) is 2.76. The van der Waals surface area contributed by atoms with Crippen LogP contribution in [0.5, 0.6) is 0 Å². The second-order valence-electron chi connectivity index (χ2n) is 2.82. The summed E-state index contributed by atoms with van der Waals surface area (Å²) in [6.07, 6.45) is 4.16. The fourth-order valence-corrected chi connectivity index (χ4v) is 1.47. The zero-order valence-corrected chi connectivity index (χ0v) is 7.54. The van der Waals surface area contributed by atoms with E-state index in [0.29, 0.717) is 6.04 Å². The second-order valence-corrected chi connectivity index (χ2v) is 3.74. The van der Waals surface area contributed by atoms with Crippen LogP contribution in [-0.4, -0.2) is 4.57 Å². The number of nitrogens with zero attached hydrogens (tertiary/aromatic N) is 1. The highest BCUT2D eigenvalue weighted by molar-refractivity contribution is 9.10. The Morgan fingerprint density at radius 2 is 2.18 bits per heavy atom. The van der Waals surface area contributed by atoms with Crippen molar-refractivity contribution in [3.05, 3.63) is 33.2 Å². The first-order chi connectivity index (χ1) is 5.27. The highest BCUT2D eigenvalue weighted by Crippen LogP contribution is 2.33. The van der Waals surface area contributed by atoms with Crippen molar-refractivity contribution in [3.63, 3.8) is 0 Å². The van der Waals surface area contributed by atoms with E-state index in [2.05, 4.69) is 15.9 Å². The molecule has 0 radical (unpaired) electrons. The summed E-state index contributed by atoms with van der Waals surface area (Å²) in [5.41, 5.74) is 0.107. The standard InChI is InChI=1S/C8H8BrNO/c9-6-1-4-8(11)10(5-6)7-2-3-7/h1,4-5,7H,2-3H2. The van der Waals surface area contributed by atoms with Gasteiger partial charge in [-0.15, -0.1) is 0 Å². The number of pyridine rings is 1. The van der Waals surface area contributed by atoms with Crippen molar-refractivity contribution in [1.29, 1.82) is 0 Å². The number of rotatable bonds is 1. The first-order valence-electron chi connectivity index (χ1n) is 3.65. The maximum atomic E-state index is 11.2. The van der Waals surface area contributed by atoms with Gasteiger partial charge in [-0.1, -0.05) is 0 Å². The Kier molecular flexibility index (Phi) is 1.60. The lowest BCUT2D eigenvalue weighted by Gasteiger charge is -2.01. The molecule has 0 unspecified atom stereocenters. The van der Waals surface area contributed by atoms with Crippen LogP contribution in [0.25, 0.3) is 0 Å². The van der Waals surface area contributed by atoms with Gasteiger partial charge >= 0.3 is 0 Å². The lowest BCUT2D eigenvalue weighted by molar-refractivity contribution is 0.704. The average molecular weight is 214 g/mol. The lowest BCUT2D eigenvalue weighted by atomic mass is 10.4. The third kappa shape index (κ3) is 1.38. The minimum atomic E-state index is 0.107. The molecular formula is C8H8BrNO. The van der Waals surface area contributed by atoms with E-state index in [0.717, 1.165) is 17.3 Å². The van der Waals surface area contributed by atoms with Gasteiger partial charge in [0.2, 0.25) is 0 Å². The van der Waals surface area contributed by atoms with Crippen molar-refractivity contribution in [1.82, 2.24) is 4.57 Å². The normalized spacial score (nSPS) is 16.8. The molecule has 1 aliphatic rings. The zero-order valence-electron chi connectivity index (χ0n) is 5.96. The van der Waals surface area contributed by atoms with Gasteiger partial charge in [0.15, 0.2) is 0 Å². The highest BCUT2D eigenvalue weighted by atomic mass is 79.9. The summed E-state index contributed by atoms with van der Waals surface area (Å²) >= 11 is 3.33. The van der Waals surface area contributed by atoms with Crippen LogP contribution in [0.1, 0.15) is 18.9 Å². The number of hydrogen-bond acceptors (Lipinski definition) is 1. The Morgan fingerprint density at radius 1 is 1.45 bits per heavy atom. The first-order valence-corrected chi connectivity index (χ1v) is 4.44. The Labute approximate surface area is 73.0 Å². The summed E-state index contributed by atoms with van der Waals surface area (Å²) in [7, 11) is 0. The molecular weight excluding hydrogens is 206 g/mol. The lowest BCUT2D eigenvalue weighted by Crippen LogP contribution is -2.16. The van der Waals surface area contributed by atoms with Gasteiger partial charge in [0.25, 0.3) is 5.56 Å². The molecule has 0 aromatic carbocycles. The van der Waals surface area contributed by atoms with E-state index in [9.17, 15) is 4.79 Å². The van der Waals surface area contributed by atoms with Gasteiger partial charge in [-0.3, -0.25) is 4.79 Å². The second kappa shape index (κ2) is 2.48. The summed E-state index contributed by atoms with van der Waals surface area (Å²) < 4.78 is 2.77. The van der Waals surface area contributed by atoms with Crippen LogP contribution in [-0.2, 0) is 0 Å². The van der Waals surface area contributed by atoms with Gasteiger partial charge in [0, 0.05) is 22.8 Å². The fraction of sp³-hybridized carbons (Fsp3) is 0.375. The monoisotopic (exact) mass is 213 g/mol. The van der Waals surface area contributed by atoms with E-state index >= 15 is 0 Å². The van der Waals surface area contributed by atoms with Crippen LogP contribution < -0.4 is 5.56 Å². The third-order valence-electron chi connectivity index (χ3n) is 1.84. The minimum absolute atomic E-state index is 0.107. The van der Waals surface area contributed by atoms with Crippen LogP contribution in [0.15, 0.2) is 27.6 Å². The van der Waals surface area contributed by atoms with Crippen LogP contribution in [0.4, 0.5) is 0 Å². The molecule has 0 bridgehead atoms. The summed E-state index contributed by atoms with van der Waals surface area (Å²) in [5.74, 6) is 0. The van der Waals surface area contributed by atoms with Crippen molar-refractivity contribution in [2.24, 2.45) is 0 Å². The van der Waals surface area contributed by atoms with Crippen molar-refractivity contribution in [2.75, 3.05) is 0 Å². The summed E-state index contributed by atoms with van der Waals surface area (Å²) in [4.78, 5) is 11.2. The van der Waals surface area contributed by atoms with Crippen molar-refractivity contribution in [2.45, 2.75) is 18.9 Å². The predicted octanol–water partition coefficient (Wildman–Crippen LogP) is 1.95. The van der Waals surface area contributed by atoms with E-state index in [-0.39, 0.29) is 5.56 Å². The first kappa shape index (κ1) is 7.10. The van der Waals surface area contributed by atoms with E-state index in [1.54, 1.807) is 16.7 Å².